The van der Waals surface area contributed by atoms with E-state index < -0.39 is 0 Å². The summed E-state index contributed by atoms with van der Waals surface area (Å²) in [6, 6.07) is 7.45. The average molecular weight is 275 g/mol. The van der Waals surface area contributed by atoms with Gasteiger partial charge in [-0.15, -0.1) is 0 Å². The van der Waals surface area contributed by atoms with Gasteiger partial charge in [-0.05, 0) is 19.4 Å². The molecule has 5 heteroatoms. The molecule has 1 heterocycles. The van der Waals surface area contributed by atoms with E-state index in [-0.39, 0.29) is 18.7 Å². The normalized spacial score (nSPS) is 12.3. The summed E-state index contributed by atoms with van der Waals surface area (Å²) in [6.07, 6.45) is 2.63. The van der Waals surface area contributed by atoms with Crippen molar-refractivity contribution < 1.29 is 9.90 Å². The van der Waals surface area contributed by atoms with Gasteiger partial charge in [0.15, 0.2) is 0 Å². The zero-order valence-corrected chi connectivity index (χ0v) is 11.9. The van der Waals surface area contributed by atoms with Gasteiger partial charge in [0.05, 0.1) is 23.9 Å². The third-order valence-electron chi connectivity index (χ3n) is 3.43. The van der Waals surface area contributed by atoms with E-state index in [1.54, 1.807) is 0 Å². The highest BCUT2D eigenvalue weighted by Gasteiger charge is 2.12. The van der Waals surface area contributed by atoms with Gasteiger partial charge in [-0.3, -0.25) is 0 Å². The lowest BCUT2D eigenvalue weighted by Crippen LogP contribution is -2.39. The summed E-state index contributed by atoms with van der Waals surface area (Å²) in [4.78, 5) is 11.9. The Labute approximate surface area is 118 Å². The number of aliphatic hydroxyl groups excluding tert-OH is 1. The van der Waals surface area contributed by atoms with Crippen molar-refractivity contribution in [2.45, 2.75) is 32.9 Å². The van der Waals surface area contributed by atoms with E-state index in [9.17, 15) is 4.79 Å². The Balaban J connectivity index is 2.19. The first kappa shape index (κ1) is 14.4. The fourth-order valence-electron chi connectivity index (χ4n) is 2.23. The molecule has 2 amide bonds. The van der Waals surface area contributed by atoms with Crippen LogP contribution in [0.4, 0.5) is 10.5 Å². The molecule has 3 N–H and O–H groups in total. The highest BCUT2D eigenvalue weighted by Crippen LogP contribution is 2.25. The smallest absolute Gasteiger partial charge is 0.319 e. The minimum absolute atomic E-state index is 0.0549. The summed E-state index contributed by atoms with van der Waals surface area (Å²) < 4.78 is 2.09. The molecule has 2 rings (SSSR count). The molecule has 0 aliphatic carbocycles. The van der Waals surface area contributed by atoms with E-state index in [1.807, 2.05) is 37.4 Å². The third kappa shape index (κ3) is 2.93. The number of aromatic nitrogens is 1. The number of nitrogens with zero attached hydrogens (tertiary/aromatic N) is 1. The average Bonchev–Trinajstić information content (AvgIpc) is 2.83. The maximum absolute atomic E-state index is 11.9. The van der Waals surface area contributed by atoms with Crippen LogP contribution < -0.4 is 10.6 Å². The summed E-state index contributed by atoms with van der Waals surface area (Å²) >= 11 is 0. The molecule has 2 aromatic rings. The number of nitrogens with one attached hydrogen (secondary N) is 2. The van der Waals surface area contributed by atoms with E-state index in [4.69, 9.17) is 5.11 Å². The molecule has 0 bridgehead atoms. The molecule has 0 aliphatic rings. The topological polar surface area (TPSA) is 66.3 Å². The second-order valence-electron chi connectivity index (χ2n) is 4.73. The van der Waals surface area contributed by atoms with E-state index >= 15 is 0 Å². The number of hydrogen-bond donors (Lipinski definition) is 3. The molecule has 1 aromatic heterocycles. The quantitative estimate of drug-likeness (QED) is 0.785. The first-order chi connectivity index (χ1) is 9.69. The van der Waals surface area contributed by atoms with Crippen molar-refractivity contribution in [2.24, 2.45) is 0 Å². The van der Waals surface area contributed by atoms with Gasteiger partial charge in [0.25, 0.3) is 0 Å². The number of aryl methyl sites for hydroxylation is 1. The number of hydrogen-bond acceptors (Lipinski definition) is 2. The number of aliphatic hydroxyl groups is 1. The van der Waals surface area contributed by atoms with Crippen LogP contribution in [-0.4, -0.2) is 28.4 Å². The lowest BCUT2D eigenvalue weighted by atomic mass is 10.2. The Hall–Kier alpha value is -2.01. The van der Waals surface area contributed by atoms with E-state index in [1.165, 1.54) is 0 Å². The molecule has 5 nitrogen and oxygen atoms in total. The number of amides is 2. The van der Waals surface area contributed by atoms with Crippen molar-refractivity contribution in [3.8, 4) is 0 Å². The lowest BCUT2D eigenvalue weighted by molar-refractivity contribution is 0.222. The van der Waals surface area contributed by atoms with Gasteiger partial charge in [0.1, 0.15) is 0 Å². The van der Waals surface area contributed by atoms with Crippen LogP contribution in [0.25, 0.3) is 10.9 Å². The molecule has 0 saturated carbocycles. The van der Waals surface area contributed by atoms with Gasteiger partial charge in [0, 0.05) is 18.1 Å². The predicted molar refractivity (Wildman–Crippen MR) is 80.9 cm³/mol. The third-order valence-corrected chi connectivity index (χ3v) is 3.43. The highest BCUT2D eigenvalue weighted by molar-refractivity contribution is 6.01. The minimum atomic E-state index is -0.287. The maximum Gasteiger partial charge on any atom is 0.319 e. The first-order valence-electron chi connectivity index (χ1n) is 6.95. The number of urea groups is 1. The Morgan fingerprint density at radius 3 is 2.75 bits per heavy atom. The Kier molecular flexibility index (Phi) is 4.63. The molecule has 20 heavy (non-hydrogen) atoms. The van der Waals surface area contributed by atoms with E-state index in [0.717, 1.165) is 23.1 Å². The van der Waals surface area contributed by atoms with Crippen molar-refractivity contribution >= 4 is 22.6 Å². The summed E-state index contributed by atoms with van der Waals surface area (Å²) in [5.74, 6) is 0. The van der Waals surface area contributed by atoms with Crippen LogP contribution in [0.5, 0.6) is 0 Å². The number of anilines is 1. The molecule has 0 aliphatic heterocycles. The van der Waals surface area contributed by atoms with Gasteiger partial charge >= 0.3 is 6.03 Å². The van der Waals surface area contributed by atoms with Gasteiger partial charge in [-0.25, -0.2) is 4.79 Å². The molecular formula is C15H21N3O2. The lowest BCUT2D eigenvalue weighted by Gasteiger charge is -2.14. The molecular weight excluding hydrogens is 254 g/mol. The zero-order valence-electron chi connectivity index (χ0n) is 11.9. The molecule has 0 fully saturated rings. The second-order valence-corrected chi connectivity index (χ2v) is 4.73. The zero-order chi connectivity index (χ0) is 14.5. The van der Waals surface area contributed by atoms with Crippen LogP contribution in [0.3, 0.4) is 0 Å². The van der Waals surface area contributed by atoms with Crippen LogP contribution in [0.15, 0.2) is 30.5 Å². The predicted octanol–water partition coefficient (Wildman–Crippen LogP) is 2.55. The number of carbonyl (C=O) groups is 1. The van der Waals surface area contributed by atoms with Crippen molar-refractivity contribution in [3.63, 3.8) is 0 Å². The molecule has 108 valence electrons. The molecule has 0 saturated heterocycles. The maximum atomic E-state index is 11.9. The number of fused-ring (bicyclic) bond motifs is 1. The largest absolute Gasteiger partial charge is 0.394 e. The van der Waals surface area contributed by atoms with Crippen LogP contribution >= 0.6 is 0 Å². The summed E-state index contributed by atoms with van der Waals surface area (Å²) in [5.41, 5.74) is 1.88. The fraction of sp³-hybridized carbons (Fsp3) is 0.400. The van der Waals surface area contributed by atoms with Crippen molar-refractivity contribution in [1.82, 2.24) is 9.88 Å². The van der Waals surface area contributed by atoms with Gasteiger partial charge < -0.3 is 20.3 Å². The fourth-order valence-corrected chi connectivity index (χ4v) is 2.23. The molecule has 1 aromatic carbocycles. The summed E-state index contributed by atoms with van der Waals surface area (Å²) in [7, 11) is 0. The van der Waals surface area contributed by atoms with Crippen LogP contribution in [0, 0.1) is 0 Å². The molecule has 0 spiro atoms. The molecule has 0 unspecified atom stereocenters. The number of rotatable bonds is 5. The Morgan fingerprint density at radius 1 is 1.35 bits per heavy atom. The second kappa shape index (κ2) is 6.43. The SMILES string of the molecule is CC[C@@H](CO)NC(=O)Nc1cn(CC)c2ccccc12. The number of para-hydroxylation sites is 1. The van der Waals surface area contributed by atoms with Crippen LogP contribution in [0.1, 0.15) is 20.3 Å². The van der Waals surface area contributed by atoms with E-state index in [2.05, 4.69) is 22.1 Å². The summed E-state index contributed by atoms with van der Waals surface area (Å²) in [6.45, 7) is 4.78. The summed E-state index contributed by atoms with van der Waals surface area (Å²) in [5, 5.41) is 15.7. The van der Waals surface area contributed by atoms with Crippen LogP contribution in [0.2, 0.25) is 0 Å². The standard InChI is InChI=1S/C15H21N3O2/c1-3-11(10-19)16-15(20)17-13-9-18(4-2)14-8-6-5-7-12(13)14/h5-9,11,19H,3-4,10H2,1-2H3,(H2,16,17,20)/t11-/m0/s1. The monoisotopic (exact) mass is 275 g/mol. The van der Waals surface area contributed by atoms with Gasteiger partial charge in [-0.1, -0.05) is 25.1 Å². The number of benzene rings is 1. The van der Waals surface area contributed by atoms with Crippen molar-refractivity contribution in [1.29, 1.82) is 0 Å². The van der Waals surface area contributed by atoms with Gasteiger partial charge in [0.2, 0.25) is 0 Å². The Morgan fingerprint density at radius 2 is 2.10 bits per heavy atom. The van der Waals surface area contributed by atoms with Crippen molar-refractivity contribution in [3.05, 3.63) is 30.5 Å². The molecule has 0 radical (unpaired) electrons. The Bertz CT molecular complexity index is 588. The van der Waals surface area contributed by atoms with E-state index in [0.29, 0.717) is 6.42 Å². The highest BCUT2D eigenvalue weighted by atomic mass is 16.3. The van der Waals surface area contributed by atoms with Crippen molar-refractivity contribution in [2.75, 3.05) is 11.9 Å². The first-order valence-corrected chi connectivity index (χ1v) is 6.95. The molecule has 1 atom stereocenters. The van der Waals surface area contributed by atoms with Gasteiger partial charge in [-0.2, -0.15) is 0 Å². The minimum Gasteiger partial charge on any atom is -0.394 e. The number of carbonyl (C=O) groups excluding carboxylic acids is 1. The van der Waals surface area contributed by atoms with Crippen LogP contribution in [-0.2, 0) is 6.54 Å².